The SMILES string of the molecule is COC1(CNCc2ccccc2Br)CCOC1. The van der Waals surface area contributed by atoms with Crippen LogP contribution in [0.3, 0.4) is 0 Å². The van der Waals surface area contributed by atoms with Gasteiger partial charge in [0.05, 0.1) is 6.61 Å². The Labute approximate surface area is 111 Å². The van der Waals surface area contributed by atoms with E-state index in [4.69, 9.17) is 9.47 Å². The number of hydrogen-bond donors (Lipinski definition) is 1. The summed E-state index contributed by atoms with van der Waals surface area (Å²) in [4.78, 5) is 0. The van der Waals surface area contributed by atoms with Gasteiger partial charge in [0.1, 0.15) is 5.60 Å². The molecule has 1 N–H and O–H groups in total. The lowest BCUT2D eigenvalue weighted by atomic mass is 10.0. The fourth-order valence-corrected chi connectivity index (χ4v) is 2.45. The molecule has 1 aliphatic heterocycles. The molecule has 0 aromatic heterocycles. The second-order valence-corrected chi connectivity index (χ2v) is 5.24. The highest BCUT2D eigenvalue weighted by atomic mass is 79.9. The van der Waals surface area contributed by atoms with Crippen molar-refractivity contribution in [3.63, 3.8) is 0 Å². The van der Waals surface area contributed by atoms with E-state index in [9.17, 15) is 0 Å². The lowest BCUT2D eigenvalue weighted by Gasteiger charge is -2.26. The van der Waals surface area contributed by atoms with Crippen LogP contribution in [0, 0.1) is 0 Å². The average molecular weight is 300 g/mol. The van der Waals surface area contributed by atoms with Crippen LogP contribution in [0.4, 0.5) is 0 Å². The number of benzene rings is 1. The van der Waals surface area contributed by atoms with Gasteiger partial charge < -0.3 is 14.8 Å². The first-order valence-electron chi connectivity index (χ1n) is 5.83. The Morgan fingerprint density at radius 2 is 2.29 bits per heavy atom. The summed E-state index contributed by atoms with van der Waals surface area (Å²) in [6.45, 7) is 3.15. The zero-order chi connectivity index (χ0) is 12.1. The standard InChI is InChI=1S/C13H18BrNO2/c1-16-13(6-7-17-10-13)9-15-8-11-4-2-3-5-12(11)14/h2-5,15H,6-10H2,1H3. The third kappa shape index (κ3) is 3.28. The molecule has 1 unspecified atom stereocenters. The monoisotopic (exact) mass is 299 g/mol. The van der Waals surface area contributed by atoms with Crippen molar-refractivity contribution in [2.75, 3.05) is 26.9 Å². The molecule has 0 radical (unpaired) electrons. The highest BCUT2D eigenvalue weighted by Gasteiger charge is 2.34. The quantitative estimate of drug-likeness (QED) is 0.905. The van der Waals surface area contributed by atoms with Crippen molar-refractivity contribution in [1.82, 2.24) is 5.32 Å². The molecule has 1 atom stereocenters. The number of halogens is 1. The number of methoxy groups -OCH3 is 1. The van der Waals surface area contributed by atoms with Gasteiger partial charge in [-0.25, -0.2) is 0 Å². The second kappa shape index (κ2) is 5.96. The van der Waals surface area contributed by atoms with Crippen LogP contribution < -0.4 is 5.32 Å². The van der Waals surface area contributed by atoms with Crippen molar-refractivity contribution in [2.45, 2.75) is 18.6 Å². The molecule has 17 heavy (non-hydrogen) atoms. The average Bonchev–Trinajstić information content (AvgIpc) is 2.81. The predicted octanol–water partition coefficient (Wildman–Crippen LogP) is 2.34. The van der Waals surface area contributed by atoms with Gasteiger partial charge in [0.25, 0.3) is 0 Å². The minimum atomic E-state index is -0.138. The first-order chi connectivity index (χ1) is 8.26. The predicted molar refractivity (Wildman–Crippen MR) is 71.0 cm³/mol. The Morgan fingerprint density at radius 1 is 1.47 bits per heavy atom. The highest BCUT2D eigenvalue weighted by Crippen LogP contribution is 2.22. The molecule has 0 aliphatic carbocycles. The highest BCUT2D eigenvalue weighted by molar-refractivity contribution is 9.10. The molecule has 1 heterocycles. The van der Waals surface area contributed by atoms with Crippen LogP contribution >= 0.6 is 15.9 Å². The Balaban J connectivity index is 1.85. The Bertz CT molecular complexity index is 364. The van der Waals surface area contributed by atoms with E-state index in [1.165, 1.54) is 5.56 Å². The lowest BCUT2D eigenvalue weighted by molar-refractivity contribution is -0.0159. The molecule has 4 heteroatoms. The Kier molecular flexibility index (Phi) is 4.56. The van der Waals surface area contributed by atoms with Crippen LogP contribution in [-0.4, -0.2) is 32.5 Å². The van der Waals surface area contributed by atoms with Crippen molar-refractivity contribution in [2.24, 2.45) is 0 Å². The molecule has 1 fully saturated rings. The summed E-state index contributed by atoms with van der Waals surface area (Å²) < 4.78 is 12.1. The molecule has 1 aromatic rings. The number of nitrogens with one attached hydrogen (secondary N) is 1. The molecular formula is C13H18BrNO2. The van der Waals surface area contributed by atoms with Gasteiger partial charge >= 0.3 is 0 Å². The van der Waals surface area contributed by atoms with Gasteiger partial charge in [0.15, 0.2) is 0 Å². The van der Waals surface area contributed by atoms with E-state index in [0.717, 1.165) is 30.6 Å². The summed E-state index contributed by atoms with van der Waals surface area (Å²) in [5.74, 6) is 0. The molecule has 3 nitrogen and oxygen atoms in total. The number of rotatable bonds is 5. The maximum atomic E-state index is 5.57. The molecule has 1 aromatic carbocycles. The minimum absolute atomic E-state index is 0.138. The summed E-state index contributed by atoms with van der Waals surface area (Å²) >= 11 is 3.54. The minimum Gasteiger partial charge on any atom is -0.378 e. The molecule has 2 rings (SSSR count). The summed E-state index contributed by atoms with van der Waals surface area (Å²) in [5.41, 5.74) is 1.12. The summed E-state index contributed by atoms with van der Waals surface area (Å²) in [5, 5.41) is 3.44. The molecule has 94 valence electrons. The first-order valence-corrected chi connectivity index (χ1v) is 6.62. The molecule has 0 saturated carbocycles. The van der Waals surface area contributed by atoms with E-state index in [1.807, 2.05) is 12.1 Å². The van der Waals surface area contributed by atoms with Crippen molar-refractivity contribution >= 4 is 15.9 Å². The van der Waals surface area contributed by atoms with Crippen molar-refractivity contribution in [3.8, 4) is 0 Å². The summed E-state index contributed by atoms with van der Waals surface area (Å²) in [7, 11) is 1.76. The lowest BCUT2D eigenvalue weighted by Crippen LogP contribution is -2.42. The van der Waals surface area contributed by atoms with E-state index in [0.29, 0.717) is 6.61 Å². The van der Waals surface area contributed by atoms with Crippen LogP contribution in [0.15, 0.2) is 28.7 Å². The van der Waals surface area contributed by atoms with Crippen LogP contribution in [0.1, 0.15) is 12.0 Å². The topological polar surface area (TPSA) is 30.5 Å². The van der Waals surface area contributed by atoms with Crippen LogP contribution in [0.2, 0.25) is 0 Å². The van der Waals surface area contributed by atoms with Crippen molar-refractivity contribution < 1.29 is 9.47 Å². The molecule has 0 amide bonds. The second-order valence-electron chi connectivity index (χ2n) is 4.38. The zero-order valence-electron chi connectivity index (χ0n) is 10.0. The van der Waals surface area contributed by atoms with E-state index in [2.05, 4.69) is 33.4 Å². The third-order valence-electron chi connectivity index (χ3n) is 3.22. The summed E-state index contributed by atoms with van der Waals surface area (Å²) in [6, 6.07) is 8.24. The molecule has 0 spiro atoms. The molecule has 1 saturated heterocycles. The molecule has 1 aliphatic rings. The number of ether oxygens (including phenoxy) is 2. The fraction of sp³-hybridized carbons (Fsp3) is 0.538. The van der Waals surface area contributed by atoms with Crippen LogP contribution in [0.25, 0.3) is 0 Å². The normalized spacial score (nSPS) is 24.1. The van der Waals surface area contributed by atoms with Gasteiger partial charge in [-0.05, 0) is 11.6 Å². The van der Waals surface area contributed by atoms with Gasteiger partial charge in [0.2, 0.25) is 0 Å². The zero-order valence-corrected chi connectivity index (χ0v) is 11.6. The smallest absolute Gasteiger partial charge is 0.106 e. The molecular weight excluding hydrogens is 282 g/mol. The van der Waals surface area contributed by atoms with Gasteiger partial charge in [-0.3, -0.25) is 0 Å². The fourth-order valence-electron chi connectivity index (χ4n) is 2.03. The van der Waals surface area contributed by atoms with E-state index in [-0.39, 0.29) is 5.60 Å². The Morgan fingerprint density at radius 3 is 2.94 bits per heavy atom. The third-order valence-corrected chi connectivity index (χ3v) is 3.99. The van der Waals surface area contributed by atoms with Crippen LogP contribution in [0.5, 0.6) is 0 Å². The molecule has 0 bridgehead atoms. The van der Waals surface area contributed by atoms with E-state index in [1.54, 1.807) is 7.11 Å². The van der Waals surface area contributed by atoms with Gasteiger partial charge in [-0.2, -0.15) is 0 Å². The van der Waals surface area contributed by atoms with E-state index < -0.39 is 0 Å². The van der Waals surface area contributed by atoms with Gasteiger partial charge in [-0.1, -0.05) is 34.1 Å². The van der Waals surface area contributed by atoms with Crippen LogP contribution in [-0.2, 0) is 16.0 Å². The summed E-state index contributed by atoms with van der Waals surface area (Å²) in [6.07, 6.45) is 0.965. The van der Waals surface area contributed by atoms with Gasteiger partial charge in [-0.15, -0.1) is 0 Å². The first kappa shape index (κ1) is 13.0. The van der Waals surface area contributed by atoms with Gasteiger partial charge in [0, 0.05) is 37.7 Å². The van der Waals surface area contributed by atoms with Crippen molar-refractivity contribution in [3.05, 3.63) is 34.3 Å². The maximum Gasteiger partial charge on any atom is 0.106 e. The van der Waals surface area contributed by atoms with Crippen molar-refractivity contribution in [1.29, 1.82) is 0 Å². The Hall–Kier alpha value is -0.420. The number of hydrogen-bond acceptors (Lipinski definition) is 3. The van der Waals surface area contributed by atoms with E-state index >= 15 is 0 Å². The largest absolute Gasteiger partial charge is 0.378 e. The maximum absolute atomic E-state index is 5.57.